The molecule has 0 amide bonds. The van der Waals surface area contributed by atoms with E-state index in [4.69, 9.17) is 18.9 Å². The molecule has 0 aromatic heterocycles. The Morgan fingerprint density at radius 3 is 1.58 bits per heavy atom. The van der Waals surface area contributed by atoms with Crippen molar-refractivity contribution in [3.63, 3.8) is 0 Å². The van der Waals surface area contributed by atoms with Gasteiger partial charge in [-0.25, -0.2) is 9.59 Å². The zero-order valence-electron chi connectivity index (χ0n) is 30.6. The van der Waals surface area contributed by atoms with Crippen molar-refractivity contribution in [1.29, 1.82) is 0 Å². The minimum absolute atomic E-state index is 0.113. The number of benzene rings is 3. The molecule has 50 heavy (non-hydrogen) atoms. The molecule has 3 aromatic carbocycles. The fourth-order valence-electron chi connectivity index (χ4n) is 10.7. The van der Waals surface area contributed by atoms with E-state index in [-0.39, 0.29) is 37.4 Å². The van der Waals surface area contributed by atoms with Gasteiger partial charge in [0.1, 0.15) is 23.7 Å². The third-order valence-corrected chi connectivity index (χ3v) is 13.2. The topological polar surface area (TPSA) is 71.1 Å². The van der Waals surface area contributed by atoms with Crippen molar-refractivity contribution in [1.82, 2.24) is 0 Å². The number of esters is 2. The van der Waals surface area contributed by atoms with E-state index in [9.17, 15) is 9.59 Å². The number of hydrogen-bond donors (Lipinski definition) is 0. The molecular weight excluding hydrogens is 624 g/mol. The van der Waals surface area contributed by atoms with Crippen LogP contribution in [0.5, 0.6) is 11.5 Å². The van der Waals surface area contributed by atoms with Crippen LogP contribution in [0.4, 0.5) is 0 Å². The third-order valence-electron chi connectivity index (χ3n) is 13.2. The molecule has 4 saturated carbocycles. The van der Waals surface area contributed by atoms with Crippen LogP contribution >= 0.6 is 0 Å². The van der Waals surface area contributed by atoms with Gasteiger partial charge in [0.25, 0.3) is 0 Å². The Morgan fingerprint density at radius 2 is 1.06 bits per heavy atom. The zero-order chi connectivity index (χ0) is 34.6. The second kappa shape index (κ2) is 15.9. The molecule has 0 aliphatic heterocycles. The molecule has 3 aromatic rings. The first-order valence-electron chi connectivity index (χ1n) is 20.0. The number of carbonyl (C=O) groups excluding carboxylic acids is 2. The van der Waals surface area contributed by atoms with Gasteiger partial charge in [-0.2, -0.15) is 0 Å². The monoisotopic (exact) mass is 682 g/mol. The van der Waals surface area contributed by atoms with Gasteiger partial charge in [-0.05, 0) is 93.1 Å². The second-order valence-corrected chi connectivity index (χ2v) is 16.0. The number of ether oxygens (including phenoxy) is 4. The predicted octanol–water partition coefficient (Wildman–Crippen LogP) is 10.4. The summed E-state index contributed by atoms with van der Waals surface area (Å²) in [4.78, 5) is 26.6. The Labute approximate surface area is 298 Å². The standard InChI is InChI=1S/C44H58O6/c1-4-30-23-24-39-40(25-30)44(48-27-42(46)50-29(3)34-22-12-16-32-14-6-8-18-36(32)34)38-20-10-9-19-37(38)43(39)47-26-41(45)49-28(2)33-21-11-15-31-13-5-7-17-35(31)33/h9-10,19-20,23-25,28-29,31-36H,4-8,11-18,21-22,26-27H2,1-3H3. The molecule has 4 fully saturated rings. The molecule has 270 valence electrons. The van der Waals surface area contributed by atoms with Crippen LogP contribution in [0.3, 0.4) is 0 Å². The van der Waals surface area contributed by atoms with E-state index in [1.165, 1.54) is 77.0 Å². The Morgan fingerprint density at radius 1 is 0.600 bits per heavy atom. The summed E-state index contributed by atoms with van der Waals surface area (Å²) in [6.45, 7) is 5.97. The highest BCUT2D eigenvalue weighted by Crippen LogP contribution is 2.47. The summed E-state index contributed by atoms with van der Waals surface area (Å²) in [6, 6.07) is 14.2. The van der Waals surface area contributed by atoms with Gasteiger partial charge < -0.3 is 18.9 Å². The van der Waals surface area contributed by atoms with Crippen molar-refractivity contribution in [2.24, 2.45) is 35.5 Å². The van der Waals surface area contributed by atoms with Crippen LogP contribution in [0.2, 0.25) is 0 Å². The highest BCUT2D eigenvalue weighted by Gasteiger charge is 2.40. The highest BCUT2D eigenvalue weighted by atomic mass is 16.6. The lowest BCUT2D eigenvalue weighted by molar-refractivity contribution is -0.157. The van der Waals surface area contributed by atoms with E-state index >= 15 is 0 Å². The van der Waals surface area contributed by atoms with Crippen LogP contribution < -0.4 is 9.47 Å². The van der Waals surface area contributed by atoms with Crippen molar-refractivity contribution >= 4 is 33.5 Å². The molecule has 0 spiro atoms. The predicted molar refractivity (Wildman–Crippen MR) is 199 cm³/mol. The Balaban J connectivity index is 1.07. The Hall–Kier alpha value is -3.28. The van der Waals surface area contributed by atoms with Crippen molar-refractivity contribution in [2.75, 3.05) is 13.2 Å². The van der Waals surface area contributed by atoms with Crippen molar-refractivity contribution in [2.45, 2.75) is 129 Å². The number of hydrogen-bond acceptors (Lipinski definition) is 6. The zero-order valence-corrected chi connectivity index (χ0v) is 30.6. The minimum atomic E-state index is -0.326. The highest BCUT2D eigenvalue weighted by molar-refractivity contribution is 6.11. The van der Waals surface area contributed by atoms with E-state index in [2.05, 4.69) is 32.9 Å². The van der Waals surface area contributed by atoms with Crippen LogP contribution in [0, 0.1) is 35.5 Å². The molecule has 4 aliphatic rings. The van der Waals surface area contributed by atoms with Crippen molar-refractivity contribution < 1.29 is 28.5 Å². The molecule has 0 bridgehead atoms. The fourth-order valence-corrected chi connectivity index (χ4v) is 10.7. The Bertz CT molecular complexity index is 1640. The van der Waals surface area contributed by atoms with E-state index in [0.29, 0.717) is 35.2 Å². The minimum Gasteiger partial charge on any atom is -0.481 e. The molecular formula is C44H58O6. The molecule has 0 N–H and O–H groups in total. The maximum Gasteiger partial charge on any atom is 0.344 e. The van der Waals surface area contributed by atoms with Gasteiger partial charge in [0, 0.05) is 21.5 Å². The first-order chi connectivity index (χ1) is 24.4. The molecule has 8 unspecified atom stereocenters. The second-order valence-electron chi connectivity index (χ2n) is 16.0. The van der Waals surface area contributed by atoms with E-state index in [1.54, 1.807) is 0 Å². The quantitative estimate of drug-likeness (QED) is 0.148. The van der Waals surface area contributed by atoms with Crippen LogP contribution in [0.1, 0.15) is 116 Å². The number of fused-ring (bicyclic) bond motifs is 4. The van der Waals surface area contributed by atoms with Crippen LogP contribution in [-0.2, 0) is 25.5 Å². The third kappa shape index (κ3) is 7.51. The van der Waals surface area contributed by atoms with Gasteiger partial charge in [0.2, 0.25) is 0 Å². The van der Waals surface area contributed by atoms with Crippen molar-refractivity contribution in [3.05, 3.63) is 48.0 Å². The molecule has 0 saturated heterocycles. The molecule has 6 nitrogen and oxygen atoms in total. The average molecular weight is 683 g/mol. The summed E-state index contributed by atoms with van der Waals surface area (Å²) in [7, 11) is 0. The largest absolute Gasteiger partial charge is 0.481 e. The summed E-state index contributed by atoms with van der Waals surface area (Å²) >= 11 is 0. The summed E-state index contributed by atoms with van der Waals surface area (Å²) in [5.41, 5.74) is 1.15. The van der Waals surface area contributed by atoms with E-state index < -0.39 is 0 Å². The molecule has 6 heteroatoms. The maximum atomic E-state index is 13.3. The lowest BCUT2D eigenvalue weighted by Crippen LogP contribution is -2.39. The van der Waals surface area contributed by atoms with Gasteiger partial charge >= 0.3 is 11.9 Å². The summed E-state index contributed by atoms with van der Waals surface area (Å²) in [5, 5.41) is 3.39. The molecule has 0 radical (unpaired) electrons. The van der Waals surface area contributed by atoms with Gasteiger partial charge in [-0.1, -0.05) is 108 Å². The first kappa shape index (κ1) is 35.1. The average Bonchev–Trinajstić information content (AvgIpc) is 3.15. The van der Waals surface area contributed by atoms with Crippen LogP contribution in [0.25, 0.3) is 21.5 Å². The smallest absolute Gasteiger partial charge is 0.344 e. The van der Waals surface area contributed by atoms with E-state index in [0.717, 1.165) is 58.2 Å². The SMILES string of the molecule is CCc1ccc2c(OCC(=O)OC(C)C3CCCC4CCCCC43)c3ccccc3c(OCC(=O)OC(C)C3CCCC4CCCCC43)c2c1. The lowest BCUT2D eigenvalue weighted by atomic mass is 9.64. The summed E-state index contributed by atoms with van der Waals surface area (Å²) < 4.78 is 25.0. The van der Waals surface area contributed by atoms with Gasteiger partial charge in [0.15, 0.2) is 13.2 Å². The number of carbonyl (C=O) groups is 2. The van der Waals surface area contributed by atoms with Crippen LogP contribution in [-0.4, -0.2) is 37.4 Å². The van der Waals surface area contributed by atoms with Gasteiger partial charge in [-0.3, -0.25) is 0 Å². The van der Waals surface area contributed by atoms with Crippen molar-refractivity contribution in [3.8, 4) is 11.5 Å². The molecule has 7 rings (SSSR count). The number of rotatable bonds is 11. The van der Waals surface area contributed by atoms with Gasteiger partial charge in [0.05, 0.1) is 0 Å². The maximum absolute atomic E-state index is 13.3. The first-order valence-corrected chi connectivity index (χ1v) is 20.0. The summed E-state index contributed by atoms with van der Waals surface area (Å²) in [6.07, 6.45) is 18.5. The lowest BCUT2D eigenvalue weighted by Gasteiger charge is -2.43. The fraction of sp³-hybridized carbons (Fsp3) is 0.636. The molecule has 4 aliphatic carbocycles. The Kier molecular flexibility index (Phi) is 11.2. The summed E-state index contributed by atoms with van der Waals surface area (Å²) in [5.74, 6) is 4.42. The van der Waals surface area contributed by atoms with Crippen LogP contribution in [0.15, 0.2) is 42.5 Å². The number of aryl methyl sites for hydroxylation is 1. The molecule has 0 heterocycles. The van der Waals surface area contributed by atoms with E-state index in [1.807, 2.05) is 30.3 Å². The van der Waals surface area contributed by atoms with Gasteiger partial charge in [-0.15, -0.1) is 0 Å². The normalized spacial score (nSPS) is 27.8. The molecule has 8 atom stereocenters.